The van der Waals surface area contributed by atoms with Crippen LogP contribution in [0.2, 0.25) is 0 Å². The van der Waals surface area contributed by atoms with Gasteiger partial charge in [0, 0.05) is 10.6 Å². The third kappa shape index (κ3) is 2.56. The van der Waals surface area contributed by atoms with E-state index >= 15 is 0 Å². The molecule has 0 amide bonds. The lowest BCUT2D eigenvalue weighted by Crippen LogP contribution is -1.82. The molecule has 0 unspecified atom stereocenters. The highest BCUT2D eigenvalue weighted by Gasteiger charge is 2.03. The molecule has 16 heavy (non-hydrogen) atoms. The number of hydrogen-bond acceptors (Lipinski definition) is 1. The van der Waals surface area contributed by atoms with Crippen LogP contribution in [-0.2, 0) is 0 Å². The molecule has 0 spiro atoms. The van der Waals surface area contributed by atoms with Crippen molar-refractivity contribution in [2.24, 2.45) is 0 Å². The van der Waals surface area contributed by atoms with Gasteiger partial charge < -0.3 is 0 Å². The summed E-state index contributed by atoms with van der Waals surface area (Å²) in [6.45, 7) is 3.76. The van der Waals surface area contributed by atoms with E-state index in [0.717, 1.165) is 5.75 Å². The van der Waals surface area contributed by atoms with Crippen molar-refractivity contribution in [1.29, 1.82) is 0 Å². The minimum absolute atomic E-state index is 0.948. The highest BCUT2D eigenvalue weighted by atomic mass is 32.2. The zero-order valence-corrected chi connectivity index (χ0v) is 9.91. The molecule has 2 aromatic carbocycles. The molecule has 0 bridgehead atoms. The third-order valence-corrected chi connectivity index (χ3v) is 3.40. The molecule has 0 atom stereocenters. The van der Waals surface area contributed by atoms with Crippen molar-refractivity contribution in [3.05, 3.63) is 67.3 Å². The molecule has 0 aromatic heterocycles. The maximum Gasteiger partial charge on any atom is 0.0158 e. The summed E-state index contributed by atoms with van der Waals surface area (Å²) in [5.74, 6) is 0.948. The fourth-order valence-electron chi connectivity index (χ4n) is 1.60. The van der Waals surface area contributed by atoms with Gasteiger partial charge in [0.25, 0.3) is 0 Å². The predicted molar refractivity (Wildman–Crippen MR) is 72.8 cm³/mol. The molecule has 80 valence electrons. The molecule has 1 heteroatoms. The molecule has 0 saturated heterocycles. The van der Waals surface area contributed by atoms with Crippen LogP contribution < -0.4 is 0 Å². The van der Waals surface area contributed by atoms with Crippen LogP contribution in [0, 0.1) is 0 Å². The first-order valence-corrected chi connectivity index (χ1v) is 6.28. The lowest BCUT2D eigenvalue weighted by atomic mass is 10.1. The highest BCUT2D eigenvalue weighted by molar-refractivity contribution is 7.99. The summed E-state index contributed by atoms with van der Waals surface area (Å²) >= 11 is 1.82. The molecule has 0 aliphatic rings. The van der Waals surface area contributed by atoms with Gasteiger partial charge in [-0.3, -0.25) is 0 Å². The minimum atomic E-state index is 0.948. The monoisotopic (exact) mass is 226 g/mol. The summed E-state index contributed by atoms with van der Waals surface area (Å²) in [6, 6.07) is 19.0. The molecule has 0 N–H and O–H groups in total. The first-order chi connectivity index (χ1) is 7.92. The van der Waals surface area contributed by atoms with Crippen LogP contribution in [0.25, 0.3) is 11.1 Å². The van der Waals surface area contributed by atoms with Gasteiger partial charge in [0.05, 0.1) is 0 Å². The van der Waals surface area contributed by atoms with E-state index in [-0.39, 0.29) is 0 Å². The summed E-state index contributed by atoms with van der Waals surface area (Å²) in [4.78, 5) is 1.31. The van der Waals surface area contributed by atoms with E-state index in [1.165, 1.54) is 16.0 Å². The van der Waals surface area contributed by atoms with Crippen molar-refractivity contribution >= 4 is 11.8 Å². The van der Waals surface area contributed by atoms with Gasteiger partial charge in [0.1, 0.15) is 0 Å². The maximum atomic E-state index is 3.76. The standard InChI is InChI=1S/C15H14S/c1-2-12-16-15-11-7-6-10-14(15)13-8-4-3-5-9-13/h2-11H,1,12H2. The van der Waals surface area contributed by atoms with Gasteiger partial charge >= 0.3 is 0 Å². The van der Waals surface area contributed by atoms with Crippen molar-refractivity contribution in [2.75, 3.05) is 5.75 Å². The average Bonchev–Trinajstić information content (AvgIpc) is 2.38. The Morgan fingerprint density at radius 1 is 0.938 bits per heavy atom. The van der Waals surface area contributed by atoms with Gasteiger partial charge in [-0.05, 0) is 17.2 Å². The number of hydrogen-bond donors (Lipinski definition) is 0. The Morgan fingerprint density at radius 3 is 2.38 bits per heavy atom. The van der Waals surface area contributed by atoms with Gasteiger partial charge in [-0.25, -0.2) is 0 Å². The molecule has 0 nitrogen and oxygen atoms in total. The van der Waals surface area contributed by atoms with Crippen LogP contribution in [0.1, 0.15) is 0 Å². The third-order valence-electron chi connectivity index (χ3n) is 2.33. The second-order valence-corrected chi connectivity index (χ2v) is 4.52. The molecule has 0 aliphatic carbocycles. The summed E-state index contributed by atoms with van der Waals surface area (Å²) in [5.41, 5.74) is 2.57. The Hall–Kier alpha value is -1.47. The van der Waals surface area contributed by atoms with E-state index in [0.29, 0.717) is 0 Å². The predicted octanol–water partition coefficient (Wildman–Crippen LogP) is 4.63. The number of benzene rings is 2. The Balaban J connectivity index is 2.36. The van der Waals surface area contributed by atoms with Crippen molar-refractivity contribution in [3.63, 3.8) is 0 Å². The van der Waals surface area contributed by atoms with Crippen LogP contribution in [0.3, 0.4) is 0 Å². The summed E-state index contributed by atoms with van der Waals surface area (Å²) in [6.07, 6.45) is 1.94. The van der Waals surface area contributed by atoms with Crippen molar-refractivity contribution in [1.82, 2.24) is 0 Å². The second-order valence-electron chi connectivity index (χ2n) is 3.46. The highest BCUT2D eigenvalue weighted by Crippen LogP contribution is 2.30. The molecular formula is C15H14S. The summed E-state index contributed by atoms with van der Waals surface area (Å²) in [7, 11) is 0. The Bertz CT molecular complexity index is 460. The van der Waals surface area contributed by atoms with Crippen LogP contribution >= 0.6 is 11.8 Å². The summed E-state index contributed by atoms with van der Waals surface area (Å²) < 4.78 is 0. The van der Waals surface area contributed by atoms with E-state index in [9.17, 15) is 0 Å². The number of rotatable bonds is 4. The van der Waals surface area contributed by atoms with Gasteiger partial charge in [-0.1, -0.05) is 54.6 Å². The molecule has 0 radical (unpaired) electrons. The van der Waals surface area contributed by atoms with E-state index in [1.54, 1.807) is 0 Å². The fraction of sp³-hybridized carbons (Fsp3) is 0.0667. The molecule has 2 aromatic rings. The zero-order chi connectivity index (χ0) is 11.2. The second kappa shape index (κ2) is 5.57. The van der Waals surface area contributed by atoms with E-state index in [1.807, 2.05) is 23.9 Å². The van der Waals surface area contributed by atoms with Gasteiger partial charge in [0.2, 0.25) is 0 Å². The first-order valence-electron chi connectivity index (χ1n) is 5.30. The van der Waals surface area contributed by atoms with Crippen molar-refractivity contribution in [3.8, 4) is 11.1 Å². The molecule has 2 rings (SSSR count). The number of thioether (sulfide) groups is 1. The van der Waals surface area contributed by atoms with Crippen molar-refractivity contribution < 1.29 is 0 Å². The average molecular weight is 226 g/mol. The lowest BCUT2D eigenvalue weighted by molar-refractivity contribution is 1.44. The Kier molecular flexibility index (Phi) is 3.84. The van der Waals surface area contributed by atoms with E-state index < -0.39 is 0 Å². The SMILES string of the molecule is C=CCSc1ccccc1-c1ccccc1. The molecule has 0 heterocycles. The van der Waals surface area contributed by atoms with Crippen LogP contribution in [-0.4, -0.2) is 5.75 Å². The van der Waals surface area contributed by atoms with Crippen molar-refractivity contribution in [2.45, 2.75) is 4.90 Å². The lowest BCUT2D eigenvalue weighted by Gasteiger charge is -2.07. The van der Waals surface area contributed by atoms with Gasteiger partial charge in [-0.15, -0.1) is 18.3 Å². The minimum Gasteiger partial charge on any atom is -0.121 e. The normalized spacial score (nSPS) is 10.0. The van der Waals surface area contributed by atoms with E-state index in [2.05, 4.69) is 55.1 Å². The van der Waals surface area contributed by atoms with Crippen LogP contribution in [0.15, 0.2) is 72.1 Å². The quantitative estimate of drug-likeness (QED) is 0.541. The molecule has 0 saturated carbocycles. The fourth-order valence-corrected chi connectivity index (χ4v) is 2.41. The molecular weight excluding hydrogens is 212 g/mol. The largest absolute Gasteiger partial charge is 0.121 e. The topological polar surface area (TPSA) is 0 Å². The van der Waals surface area contributed by atoms with E-state index in [4.69, 9.17) is 0 Å². The Morgan fingerprint density at radius 2 is 1.62 bits per heavy atom. The maximum absolute atomic E-state index is 3.76. The first kappa shape index (κ1) is 11.0. The van der Waals surface area contributed by atoms with Gasteiger partial charge in [-0.2, -0.15) is 0 Å². The van der Waals surface area contributed by atoms with Crippen LogP contribution in [0.5, 0.6) is 0 Å². The molecule has 0 aliphatic heterocycles. The van der Waals surface area contributed by atoms with Crippen LogP contribution in [0.4, 0.5) is 0 Å². The summed E-state index contributed by atoms with van der Waals surface area (Å²) in [5, 5.41) is 0. The molecule has 0 fully saturated rings. The smallest absolute Gasteiger partial charge is 0.0158 e. The zero-order valence-electron chi connectivity index (χ0n) is 9.10. The Labute approximate surface area is 101 Å². The van der Waals surface area contributed by atoms with Gasteiger partial charge in [0.15, 0.2) is 0 Å².